The molecule has 1 aliphatic carbocycles. The van der Waals surface area contributed by atoms with Crippen LogP contribution in [-0.2, 0) is 5.41 Å². The summed E-state index contributed by atoms with van der Waals surface area (Å²) in [7, 11) is 0. The average Bonchev–Trinajstić information content (AvgIpc) is 3.43. The zero-order chi connectivity index (χ0) is 35.4. The highest BCUT2D eigenvalue weighted by Crippen LogP contribution is 2.51. The third-order valence-corrected chi connectivity index (χ3v) is 10.3. The van der Waals surface area contributed by atoms with E-state index in [0.29, 0.717) is 0 Å². The molecule has 0 aromatic heterocycles. The minimum Gasteiger partial charge on any atom is -0.310 e. The summed E-state index contributed by atoms with van der Waals surface area (Å²) in [6, 6.07) is 61.9. The molecule has 9 rings (SSSR count). The molecule has 0 fully saturated rings. The molecule has 1 nitrogen and oxygen atoms in total. The molecule has 0 spiro atoms. The van der Waals surface area contributed by atoms with Gasteiger partial charge < -0.3 is 4.90 Å². The Bertz CT molecular complexity index is 2620. The molecular formula is C49H37N. The van der Waals surface area contributed by atoms with Crippen LogP contribution < -0.4 is 4.90 Å². The van der Waals surface area contributed by atoms with E-state index in [0.717, 1.165) is 33.8 Å². The van der Waals surface area contributed by atoms with Crippen LogP contribution in [0.15, 0.2) is 176 Å². The van der Waals surface area contributed by atoms with E-state index in [4.69, 9.17) is 1.37 Å². The fourth-order valence-electron chi connectivity index (χ4n) is 7.71. The molecule has 0 heterocycles. The molecule has 0 aliphatic heterocycles. The third-order valence-electron chi connectivity index (χ3n) is 10.3. The van der Waals surface area contributed by atoms with Gasteiger partial charge in [-0.3, -0.25) is 0 Å². The lowest BCUT2D eigenvalue weighted by Gasteiger charge is -2.28. The van der Waals surface area contributed by atoms with Crippen LogP contribution in [-0.4, -0.2) is 0 Å². The fraction of sp³-hybridized carbons (Fsp3) is 0.0612. The van der Waals surface area contributed by atoms with Crippen LogP contribution in [0.2, 0.25) is 0 Å². The molecule has 1 heteroatoms. The molecular weight excluding hydrogens is 603 g/mol. The van der Waals surface area contributed by atoms with Gasteiger partial charge in [-0.25, -0.2) is 0 Å². The van der Waals surface area contributed by atoms with Gasteiger partial charge in [0, 0.05) is 22.5 Å². The van der Waals surface area contributed by atoms with Gasteiger partial charge in [0.1, 0.15) is 0 Å². The summed E-state index contributed by atoms with van der Waals surface area (Å²) < 4.78 is 18.3. The Hall–Kier alpha value is -6.18. The molecule has 0 atom stereocenters. The number of benzene rings is 8. The third kappa shape index (κ3) is 5.11. The van der Waals surface area contributed by atoms with Crippen LogP contribution in [0.4, 0.5) is 17.1 Å². The monoisotopic (exact) mass is 641 g/mol. The Morgan fingerprint density at radius 3 is 1.68 bits per heavy atom. The molecule has 0 unspecified atom stereocenters. The van der Waals surface area contributed by atoms with Gasteiger partial charge in [-0.2, -0.15) is 0 Å². The lowest BCUT2D eigenvalue weighted by molar-refractivity contribution is 0.660. The summed E-state index contributed by atoms with van der Waals surface area (Å²) in [6.07, 6.45) is 0. The van der Waals surface area contributed by atoms with Gasteiger partial charge in [0.25, 0.3) is 0 Å². The van der Waals surface area contributed by atoms with E-state index in [-0.39, 0.29) is 17.5 Å². The smallest absolute Gasteiger partial charge is 0.0629 e. The summed E-state index contributed by atoms with van der Waals surface area (Å²) >= 11 is 0. The Morgan fingerprint density at radius 1 is 0.440 bits per heavy atom. The maximum atomic E-state index is 9.19. The maximum Gasteiger partial charge on any atom is 0.0629 e. The number of anilines is 3. The first kappa shape index (κ1) is 27.7. The van der Waals surface area contributed by atoms with Gasteiger partial charge in [0.05, 0.1) is 2.74 Å². The second-order valence-corrected chi connectivity index (χ2v) is 13.6. The van der Waals surface area contributed by atoms with Crippen molar-refractivity contribution in [2.75, 3.05) is 4.90 Å². The van der Waals surface area contributed by atoms with Crippen LogP contribution in [0.25, 0.3) is 55.9 Å². The lowest BCUT2D eigenvalue weighted by atomic mass is 9.81. The fourth-order valence-corrected chi connectivity index (χ4v) is 7.71. The first-order valence-corrected chi connectivity index (χ1v) is 17.3. The predicted molar refractivity (Wildman–Crippen MR) is 215 cm³/mol. The number of rotatable bonds is 6. The molecule has 0 amide bonds. The van der Waals surface area contributed by atoms with Crippen molar-refractivity contribution < 1.29 is 2.74 Å². The minimum atomic E-state index is -0.289. The van der Waals surface area contributed by atoms with E-state index in [1.165, 1.54) is 49.4 Å². The summed E-state index contributed by atoms with van der Waals surface area (Å²) in [5, 5.41) is 4.89. The van der Waals surface area contributed by atoms with Crippen molar-refractivity contribution in [3.05, 3.63) is 198 Å². The lowest BCUT2D eigenvalue weighted by Crippen LogP contribution is -2.16. The molecule has 8 aromatic rings. The highest BCUT2D eigenvalue weighted by atomic mass is 15.1. The molecule has 0 N–H and O–H groups in total. The Labute approximate surface area is 297 Å². The van der Waals surface area contributed by atoms with Crippen LogP contribution in [0.1, 0.15) is 38.8 Å². The highest BCUT2D eigenvalue weighted by molar-refractivity contribution is 6.13. The van der Waals surface area contributed by atoms with E-state index in [9.17, 15) is 1.37 Å². The van der Waals surface area contributed by atoms with E-state index < -0.39 is 0 Å². The van der Waals surface area contributed by atoms with Gasteiger partial charge in [-0.05, 0) is 109 Å². The molecule has 0 saturated carbocycles. The van der Waals surface area contributed by atoms with Crippen molar-refractivity contribution in [1.82, 2.24) is 0 Å². The van der Waals surface area contributed by atoms with E-state index in [2.05, 4.69) is 164 Å². The summed E-state index contributed by atoms with van der Waals surface area (Å²) in [5.41, 5.74) is 11.6. The molecule has 0 bridgehead atoms. The van der Waals surface area contributed by atoms with E-state index in [1.54, 1.807) is 0 Å². The summed E-state index contributed by atoms with van der Waals surface area (Å²) in [4.78, 5) is 2.30. The number of nitrogens with zero attached hydrogens (tertiary/aromatic N) is 1. The van der Waals surface area contributed by atoms with Gasteiger partial charge in [0.2, 0.25) is 0 Å². The minimum absolute atomic E-state index is 0.215. The zero-order valence-electron chi connectivity index (χ0n) is 30.2. The highest BCUT2D eigenvalue weighted by Gasteiger charge is 2.36. The summed E-state index contributed by atoms with van der Waals surface area (Å²) in [5.74, 6) is 0. The first-order chi connectivity index (χ1) is 25.4. The molecule has 0 saturated heterocycles. The van der Waals surface area contributed by atoms with Crippen LogP contribution >= 0.6 is 0 Å². The first-order valence-electron chi connectivity index (χ1n) is 18.3. The van der Waals surface area contributed by atoms with Crippen LogP contribution in [0.3, 0.4) is 0 Å². The van der Waals surface area contributed by atoms with Gasteiger partial charge >= 0.3 is 0 Å². The second-order valence-electron chi connectivity index (χ2n) is 13.6. The van der Waals surface area contributed by atoms with E-state index in [1.807, 2.05) is 30.3 Å². The van der Waals surface area contributed by atoms with Crippen molar-refractivity contribution in [2.24, 2.45) is 0 Å². The van der Waals surface area contributed by atoms with Crippen molar-refractivity contribution >= 4 is 50.7 Å². The Kier molecular flexibility index (Phi) is 6.69. The second kappa shape index (κ2) is 12.1. The number of hydrogen-bond acceptors (Lipinski definition) is 1. The maximum absolute atomic E-state index is 9.19. The number of fused-ring (bicyclic) bond motifs is 6. The van der Waals surface area contributed by atoms with Crippen molar-refractivity contribution in [3.63, 3.8) is 0 Å². The molecule has 238 valence electrons. The van der Waals surface area contributed by atoms with Crippen LogP contribution in [0, 0.1) is 0 Å². The van der Waals surface area contributed by atoms with Crippen molar-refractivity contribution in [3.8, 4) is 22.3 Å². The molecule has 0 radical (unpaired) electrons. The van der Waals surface area contributed by atoms with Gasteiger partial charge in [-0.15, -0.1) is 0 Å². The molecule has 1 aliphatic rings. The van der Waals surface area contributed by atoms with Gasteiger partial charge in [0.15, 0.2) is 0 Å². The van der Waals surface area contributed by atoms with E-state index >= 15 is 0 Å². The number of para-hydroxylation sites is 2. The van der Waals surface area contributed by atoms with Gasteiger partial charge in [-0.1, -0.05) is 159 Å². The summed E-state index contributed by atoms with van der Waals surface area (Å²) in [6.45, 7) is 4.54. The predicted octanol–water partition coefficient (Wildman–Crippen LogP) is 13.6. The SMILES string of the molecule is [2H]/C(=C(/[2H])c1ccc2c(c1)C(C)(C)c1cc(N(c3ccccc3)c3ccccc3)ccc1-2)c1ccc(-c2cc3ccccc3c3ccccc23)cc1. The largest absolute Gasteiger partial charge is 0.310 e. The normalized spacial score (nSPS) is 14.0. The zero-order valence-corrected chi connectivity index (χ0v) is 28.2. The van der Waals surface area contributed by atoms with Crippen molar-refractivity contribution in [1.29, 1.82) is 0 Å². The standard InChI is InChI=1S/C49H37N/c1-49(2)47-31-35(22-21-34-23-26-36(27-24-34)46-32-37-13-9-10-18-41(37)42-19-11-12-20-43(42)46)25-29-44(47)45-30-28-40(33-48(45)49)50(38-14-5-3-6-15-38)39-16-7-4-8-17-39/h3-33H,1-2H3/b22-21+/i21D,22D. The Morgan fingerprint density at radius 2 is 0.980 bits per heavy atom. The topological polar surface area (TPSA) is 3.24 Å². The molecule has 8 aromatic carbocycles. The molecule has 50 heavy (non-hydrogen) atoms. The quantitative estimate of drug-likeness (QED) is 0.129. The average molecular weight is 642 g/mol. The Balaban J connectivity index is 1.05. The van der Waals surface area contributed by atoms with Crippen molar-refractivity contribution in [2.45, 2.75) is 19.3 Å². The van der Waals surface area contributed by atoms with Crippen LogP contribution in [0.5, 0.6) is 0 Å². The number of hydrogen-bond donors (Lipinski definition) is 0.